The minimum Gasteiger partial charge on any atom is -0.336 e. The Morgan fingerprint density at radius 2 is 2.09 bits per heavy atom. The van der Waals surface area contributed by atoms with Crippen molar-refractivity contribution in [1.29, 1.82) is 0 Å². The largest absolute Gasteiger partial charge is 0.336 e. The number of fused-ring (bicyclic) bond motifs is 3. The highest BCUT2D eigenvalue weighted by molar-refractivity contribution is 6.09. The van der Waals surface area contributed by atoms with E-state index in [4.69, 9.17) is 4.98 Å². The van der Waals surface area contributed by atoms with Gasteiger partial charge in [0.1, 0.15) is 18.0 Å². The van der Waals surface area contributed by atoms with Gasteiger partial charge in [-0.15, -0.1) is 0 Å². The Labute approximate surface area is 196 Å². The molecule has 0 radical (unpaired) electrons. The molecule has 2 fully saturated rings. The third-order valence-electron chi connectivity index (χ3n) is 7.32. The first-order valence-electron chi connectivity index (χ1n) is 11.9. The molecule has 2 aromatic heterocycles. The molecule has 1 N–H and O–H groups in total. The molecule has 2 amide bonds. The van der Waals surface area contributed by atoms with Crippen molar-refractivity contribution < 1.29 is 14.0 Å². The van der Waals surface area contributed by atoms with E-state index in [1.54, 1.807) is 4.57 Å². The smallest absolute Gasteiger partial charge is 0.290 e. The van der Waals surface area contributed by atoms with Crippen LogP contribution in [0.4, 0.5) is 15.9 Å². The quantitative estimate of drug-likeness (QED) is 0.642. The van der Waals surface area contributed by atoms with Crippen LogP contribution in [0.1, 0.15) is 48.8 Å². The molecule has 5 heterocycles. The number of hydrogen-bond acceptors (Lipinski definition) is 6. The lowest BCUT2D eigenvalue weighted by molar-refractivity contribution is -0.121. The van der Waals surface area contributed by atoms with Crippen LogP contribution < -0.4 is 10.2 Å². The highest BCUT2D eigenvalue weighted by Crippen LogP contribution is 2.48. The van der Waals surface area contributed by atoms with Crippen LogP contribution >= 0.6 is 0 Å². The number of anilines is 2. The van der Waals surface area contributed by atoms with E-state index in [1.807, 2.05) is 36.1 Å². The summed E-state index contributed by atoms with van der Waals surface area (Å²) in [6.07, 6.45) is 3.29. The summed E-state index contributed by atoms with van der Waals surface area (Å²) < 4.78 is 15.5. The maximum Gasteiger partial charge on any atom is 0.290 e. The first-order chi connectivity index (χ1) is 16.5. The Morgan fingerprint density at radius 1 is 1.24 bits per heavy atom. The molecule has 34 heavy (non-hydrogen) atoms. The lowest BCUT2D eigenvalue weighted by Gasteiger charge is -2.44. The number of nitrogens with zero attached hydrogens (tertiary/aromatic N) is 6. The maximum absolute atomic E-state index is 13.8. The highest BCUT2D eigenvalue weighted by Gasteiger charge is 2.53. The summed E-state index contributed by atoms with van der Waals surface area (Å²) in [4.78, 5) is 44.0. The molecule has 3 aliphatic heterocycles. The van der Waals surface area contributed by atoms with Gasteiger partial charge >= 0.3 is 0 Å². The number of halogens is 1. The predicted molar refractivity (Wildman–Crippen MR) is 124 cm³/mol. The molecular weight excluding hydrogens is 437 g/mol. The Hall–Kier alpha value is -3.56. The number of hydrogen-bond donors (Lipinski definition) is 1. The topological polar surface area (TPSA) is 96.2 Å². The second-order valence-corrected chi connectivity index (χ2v) is 9.16. The lowest BCUT2D eigenvalue weighted by atomic mass is 9.81. The summed E-state index contributed by atoms with van der Waals surface area (Å²) in [7, 11) is 0. The van der Waals surface area contributed by atoms with Gasteiger partial charge in [0.25, 0.3) is 11.8 Å². The number of benzene rings is 1. The minimum atomic E-state index is -1.01. The number of rotatable bonds is 3. The van der Waals surface area contributed by atoms with Crippen LogP contribution in [-0.4, -0.2) is 62.0 Å². The maximum atomic E-state index is 13.8. The van der Waals surface area contributed by atoms with Crippen LogP contribution in [0, 0.1) is 0 Å². The van der Waals surface area contributed by atoms with Crippen molar-refractivity contribution in [1.82, 2.24) is 24.4 Å². The van der Waals surface area contributed by atoms with Gasteiger partial charge in [0, 0.05) is 30.9 Å². The number of para-hydroxylation sites is 1. The van der Waals surface area contributed by atoms with Crippen LogP contribution in [0.2, 0.25) is 0 Å². The van der Waals surface area contributed by atoms with E-state index in [9.17, 15) is 14.0 Å². The molecule has 10 heteroatoms. The molecular formula is C24H26FN7O2. The van der Waals surface area contributed by atoms with Crippen molar-refractivity contribution in [3.63, 3.8) is 0 Å². The molecule has 176 valence electrons. The molecule has 0 saturated carbocycles. The van der Waals surface area contributed by atoms with Crippen LogP contribution in [-0.2, 0) is 16.9 Å². The van der Waals surface area contributed by atoms with E-state index in [2.05, 4.69) is 15.3 Å². The lowest BCUT2D eigenvalue weighted by Crippen LogP contribution is -2.54. The SMILES string of the molecule is CCn1c(C(=O)N2CC[C@@H](F)C2)nc2c(N3CCCCC34C(=O)Nc3ccccc34)ncnc21. The fraction of sp³-hybridized carbons (Fsp3) is 0.458. The standard InChI is InChI=1S/C24H26FN7O2/c1-2-31-19-18(29-21(31)22(33)30-12-9-15(25)13-30)20(27-14-26-19)32-11-6-5-10-24(32)16-7-3-4-8-17(16)28-23(24)34/h3-4,7-8,14-15H,2,5-6,9-13H2,1H3,(H,28,34)/t15-,24?/m1/s1. The first kappa shape index (κ1) is 21.0. The van der Waals surface area contributed by atoms with Crippen molar-refractivity contribution in [3.05, 3.63) is 42.0 Å². The van der Waals surface area contributed by atoms with E-state index in [1.165, 1.54) is 11.2 Å². The van der Waals surface area contributed by atoms with E-state index in [-0.39, 0.29) is 24.2 Å². The summed E-state index contributed by atoms with van der Waals surface area (Å²) in [5, 5.41) is 3.05. The van der Waals surface area contributed by atoms with E-state index in [0.717, 1.165) is 24.1 Å². The summed E-state index contributed by atoms with van der Waals surface area (Å²) in [6, 6.07) is 7.76. The summed E-state index contributed by atoms with van der Waals surface area (Å²) >= 11 is 0. The van der Waals surface area contributed by atoms with E-state index in [0.29, 0.717) is 49.5 Å². The van der Waals surface area contributed by atoms with E-state index < -0.39 is 11.7 Å². The van der Waals surface area contributed by atoms with Gasteiger partial charge in [-0.3, -0.25) is 9.59 Å². The van der Waals surface area contributed by atoms with Crippen LogP contribution in [0.25, 0.3) is 11.2 Å². The molecule has 2 saturated heterocycles. The molecule has 3 aliphatic rings. The number of carbonyl (C=O) groups excluding carboxylic acids is 2. The van der Waals surface area contributed by atoms with E-state index >= 15 is 0 Å². The van der Waals surface area contributed by atoms with Gasteiger partial charge in [0.2, 0.25) is 5.82 Å². The fourth-order valence-corrected chi connectivity index (χ4v) is 5.71. The number of imidazole rings is 1. The van der Waals surface area contributed by atoms with Gasteiger partial charge in [-0.05, 0) is 38.7 Å². The predicted octanol–water partition coefficient (Wildman–Crippen LogP) is 2.87. The second-order valence-electron chi connectivity index (χ2n) is 9.16. The number of piperidine rings is 1. The van der Waals surface area contributed by atoms with Gasteiger partial charge in [-0.25, -0.2) is 19.3 Å². The third-order valence-corrected chi connectivity index (χ3v) is 7.32. The number of alkyl halides is 1. The number of nitrogens with one attached hydrogen (secondary N) is 1. The van der Waals surface area contributed by atoms with Gasteiger partial charge in [0.05, 0.1) is 6.54 Å². The molecule has 1 aromatic carbocycles. The van der Waals surface area contributed by atoms with Crippen LogP contribution in [0.3, 0.4) is 0 Å². The fourth-order valence-electron chi connectivity index (χ4n) is 5.71. The monoisotopic (exact) mass is 463 g/mol. The molecule has 0 bridgehead atoms. The number of aryl methyl sites for hydroxylation is 1. The number of amides is 2. The van der Waals surface area contributed by atoms with Gasteiger partial charge in [-0.1, -0.05) is 18.2 Å². The zero-order valence-electron chi connectivity index (χ0n) is 19.0. The minimum absolute atomic E-state index is 0.0718. The average Bonchev–Trinajstić information content (AvgIpc) is 3.53. The van der Waals surface area contributed by atoms with Gasteiger partial charge < -0.3 is 19.7 Å². The van der Waals surface area contributed by atoms with Crippen LogP contribution in [0.15, 0.2) is 30.6 Å². The highest BCUT2D eigenvalue weighted by atomic mass is 19.1. The normalized spacial score (nSPS) is 24.2. The molecule has 9 nitrogen and oxygen atoms in total. The number of carbonyl (C=O) groups is 2. The van der Waals surface area contributed by atoms with Crippen molar-refractivity contribution in [2.24, 2.45) is 0 Å². The Kier molecular flexibility index (Phi) is 4.79. The molecule has 2 atom stereocenters. The van der Waals surface area contributed by atoms with Gasteiger partial charge in [-0.2, -0.15) is 0 Å². The summed E-state index contributed by atoms with van der Waals surface area (Å²) in [6.45, 7) is 3.49. The number of likely N-dealkylation sites (tertiary alicyclic amines) is 1. The zero-order chi connectivity index (χ0) is 23.4. The van der Waals surface area contributed by atoms with Gasteiger partial charge in [0.15, 0.2) is 17.0 Å². The first-order valence-corrected chi connectivity index (χ1v) is 11.9. The second kappa shape index (κ2) is 7.75. The van der Waals surface area contributed by atoms with Crippen molar-refractivity contribution in [2.45, 2.75) is 50.9 Å². The number of aromatic nitrogens is 4. The Bertz CT molecular complexity index is 1310. The molecule has 1 unspecified atom stereocenters. The van der Waals surface area contributed by atoms with Crippen molar-refractivity contribution in [3.8, 4) is 0 Å². The molecule has 1 spiro atoms. The zero-order valence-corrected chi connectivity index (χ0v) is 19.0. The molecule has 6 rings (SSSR count). The van der Waals surface area contributed by atoms with Crippen LogP contribution in [0.5, 0.6) is 0 Å². The molecule has 3 aromatic rings. The Balaban J connectivity index is 1.50. The Morgan fingerprint density at radius 3 is 2.88 bits per heavy atom. The molecule has 0 aliphatic carbocycles. The van der Waals surface area contributed by atoms with Crippen molar-refractivity contribution in [2.75, 3.05) is 29.9 Å². The van der Waals surface area contributed by atoms with Crippen molar-refractivity contribution >= 4 is 34.5 Å². The summed E-state index contributed by atoms with van der Waals surface area (Å²) in [5.74, 6) is 0.402. The summed E-state index contributed by atoms with van der Waals surface area (Å²) in [5.41, 5.74) is 1.90. The third kappa shape index (κ3) is 2.87. The average molecular weight is 464 g/mol.